The van der Waals surface area contributed by atoms with Gasteiger partial charge in [0.1, 0.15) is 5.60 Å². The maximum absolute atomic E-state index is 12.0. The van der Waals surface area contributed by atoms with E-state index in [1.807, 2.05) is 32.9 Å². The number of halogens is 1. The Balaban J connectivity index is 1.81. The predicted molar refractivity (Wildman–Crippen MR) is 91.7 cm³/mol. The summed E-state index contributed by atoms with van der Waals surface area (Å²) in [4.78, 5) is 13.8. The smallest absolute Gasteiger partial charge is 0.410 e. The second-order valence-electron chi connectivity index (χ2n) is 6.84. The van der Waals surface area contributed by atoms with Crippen LogP contribution in [0.3, 0.4) is 0 Å². The molecule has 1 atom stereocenters. The summed E-state index contributed by atoms with van der Waals surface area (Å²) < 4.78 is 5.40. The van der Waals surface area contributed by atoms with Crippen molar-refractivity contribution in [1.82, 2.24) is 4.90 Å². The van der Waals surface area contributed by atoms with Crippen molar-refractivity contribution in [1.29, 1.82) is 0 Å². The maximum Gasteiger partial charge on any atom is 0.410 e. The van der Waals surface area contributed by atoms with Crippen LogP contribution in [-0.2, 0) is 4.74 Å². The molecule has 0 saturated carbocycles. The monoisotopic (exact) mass is 340 g/mol. The number of aliphatic hydroxyl groups excluding tert-OH is 1. The van der Waals surface area contributed by atoms with Crippen LogP contribution >= 0.6 is 11.6 Å². The number of benzene rings is 1. The molecule has 1 saturated heterocycles. The number of ether oxygens (including phenoxy) is 1. The normalized spacial score (nSPS) is 17.7. The topological polar surface area (TPSA) is 61.8 Å². The molecule has 2 rings (SSSR count). The Morgan fingerprint density at radius 3 is 2.35 bits per heavy atom. The molecular weight excluding hydrogens is 316 g/mol. The Hall–Kier alpha value is -1.46. The number of likely N-dealkylation sites (tertiary alicyclic amines) is 1. The molecule has 6 heteroatoms. The number of carbonyl (C=O) groups excluding carboxylic acids is 1. The zero-order valence-corrected chi connectivity index (χ0v) is 14.6. The summed E-state index contributed by atoms with van der Waals surface area (Å²) in [5.41, 5.74) is 0.237. The zero-order valence-electron chi connectivity index (χ0n) is 13.9. The fourth-order valence-corrected chi connectivity index (χ4v) is 2.65. The molecule has 1 heterocycles. The Morgan fingerprint density at radius 1 is 1.30 bits per heavy atom. The number of anilines is 1. The SMILES string of the molecule is CC(C)(C)OC(=O)N1CCC(Nc2ccc(C(O)Cl)cc2)CC1. The average Bonchev–Trinajstić information content (AvgIpc) is 2.46. The molecule has 128 valence electrons. The highest BCUT2D eigenvalue weighted by Crippen LogP contribution is 2.22. The highest BCUT2D eigenvalue weighted by Gasteiger charge is 2.26. The van der Waals surface area contributed by atoms with E-state index in [1.165, 1.54) is 0 Å². The molecule has 0 spiro atoms. The Morgan fingerprint density at radius 2 is 1.87 bits per heavy atom. The maximum atomic E-state index is 12.0. The number of hydrogen-bond acceptors (Lipinski definition) is 4. The lowest BCUT2D eigenvalue weighted by atomic mass is 10.0. The molecule has 1 aliphatic rings. The minimum Gasteiger partial charge on any atom is -0.444 e. The number of nitrogens with zero attached hydrogens (tertiary/aromatic N) is 1. The number of piperidine rings is 1. The van der Waals surface area contributed by atoms with E-state index < -0.39 is 11.2 Å². The van der Waals surface area contributed by atoms with Crippen molar-refractivity contribution in [3.8, 4) is 0 Å². The van der Waals surface area contributed by atoms with Gasteiger partial charge in [-0.3, -0.25) is 0 Å². The third-order valence-electron chi connectivity index (χ3n) is 3.70. The number of carbonyl (C=O) groups is 1. The van der Waals surface area contributed by atoms with Crippen molar-refractivity contribution >= 4 is 23.4 Å². The van der Waals surface area contributed by atoms with Gasteiger partial charge in [0, 0.05) is 24.8 Å². The summed E-state index contributed by atoms with van der Waals surface area (Å²) in [6.45, 7) is 7.00. The number of hydrogen-bond donors (Lipinski definition) is 2. The van der Waals surface area contributed by atoms with Gasteiger partial charge in [-0.15, -0.1) is 0 Å². The second kappa shape index (κ2) is 7.41. The van der Waals surface area contributed by atoms with E-state index in [0.29, 0.717) is 24.7 Å². The lowest BCUT2D eigenvalue weighted by Gasteiger charge is -2.34. The van der Waals surface area contributed by atoms with Gasteiger partial charge in [0.15, 0.2) is 5.56 Å². The Kier molecular flexibility index (Phi) is 5.76. The van der Waals surface area contributed by atoms with Crippen molar-refractivity contribution in [2.75, 3.05) is 18.4 Å². The molecule has 1 aromatic rings. The highest BCUT2D eigenvalue weighted by atomic mass is 35.5. The first-order chi connectivity index (χ1) is 10.7. The van der Waals surface area contributed by atoms with Crippen LogP contribution in [0, 0.1) is 0 Å². The van der Waals surface area contributed by atoms with Crippen LogP contribution in [0.4, 0.5) is 10.5 Å². The largest absolute Gasteiger partial charge is 0.444 e. The number of alkyl halides is 1. The van der Waals surface area contributed by atoms with Gasteiger partial charge in [0.2, 0.25) is 0 Å². The van der Waals surface area contributed by atoms with E-state index in [4.69, 9.17) is 16.3 Å². The number of amides is 1. The van der Waals surface area contributed by atoms with Gasteiger partial charge in [0.05, 0.1) is 0 Å². The van der Waals surface area contributed by atoms with E-state index >= 15 is 0 Å². The Labute approximate surface area is 142 Å². The van der Waals surface area contributed by atoms with Gasteiger partial charge in [-0.2, -0.15) is 0 Å². The predicted octanol–water partition coefficient (Wildman–Crippen LogP) is 3.73. The third-order valence-corrected chi connectivity index (χ3v) is 3.96. The van der Waals surface area contributed by atoms with Crippen LogP contribution in [0.5, 0.6) is 0 Å². The second-order valence-corrected chi connectivity index (χ2v) is 7.26. The molecule has 1 fully saturated rings. The summed E-state index contributed by atoms with van der Waals surface area (Å²) in [7, 11) is 0. The van der Waals surface area contributed by atoms with Crippen LogP contribution < -0.4 is 5.32 Å². The summed E-state index contributed by atoms with van der Waals surface area (Å²) in [5.74, 6) is 0. The summed E-state index contributed by atoms with van der Waals surface area (Å²) in [6, 6.07) is 7.73. The minimum absolute atomic E-state index is 0.239. The lowest BCUT2D eigenvalue weighted by molar-refractivity contribution is 0.0210. The number of nitrogens with one attached hydrogen (secondary N) is 1. The summed E-state index contributed by atoms with van der Waals surface area (Å²) in [6.07, 6.45) is 1.51. The zero-order chi connectivity index (χ0) is 17.0. The fourth-order valence-electron chi connectivity index (χ4n) is 2.51. The van der Waals surface area contributed by atoms with Gasteiger partial charge in [-0.05, 0) is 51.3 Å². The van der Waals surface area contributed by atoms with E-state index in [9.17, 15) is 9.90 Å². The summed E-state index contributed by atoms with van der Waals surface area (Å²) in [5, 5.41) is 12.7. The molecule has 1 aromatic carbocycles. The van der Waals surface area contributed by atoms with Crippen LogP contribution in [0.1, 0.15) is 44.7 Å². The molecule has 1 aliphatic heterocycles. The molecule has 0 aromatic heterocycles. The molecule has 0 aliphatic carbocycles. The molecule has 2 N–H and O–H groups in total. The standard InChI is InChI=1S/C17H25ClN2O3/c1-17(2,3)23-16(22)20-10-8-14(9-11-20)19-13-6-4-12(5-7-13)15(18)21/h4-7,14-15,19,21H,8-11H2,1-3H3. The first kappa shape index (κ1) is 17.9. The lowest BCUT2D eigenvalue weighted by Crippen LogP contribution is -2.44. The molecule has 1 amide bonds. The Bertz CT molecular complexity index is 518. The number of aliphatic hydroxyl groups is 1. The van der Waals surface area contributed by atoms with E-state index in [1.54, 1.807) is 17.0 Å². The third kappa shape index (κ3) is 5.59. The van der Waals surface area contributed by atoms with E-state index in [-0.39, 0.29) is 6.09 Å². The quantitative estimate of drug-likeness (QED) is 0.823. The van der Waals surface area contributed by atoms with Gasteiger partial charge < -0.3 is 20.1 Å². The first-order valence-corrected chi connectivity index (χ1v) is 8.35. The minimum atomic E-state index is -0.971. The van der Waals surface area contributed by atoms with Crippen molar-refractivity contribution < 1.29 is 14.6 Å². The average molecular weight is 341 g/mol. The van der Waals surface area contributed by atoms with Crippen molar-refractivity contribution in [2.45, 2.75) is 50.8 Å². The van der Waals surface area contributed by atoms with Crippen LogP contribution in [0.15, 0.2) is 24.3 Å². The fraction of sp³-hybridized carbons (Fsp3) is 0.588. The van der Waals surface area contributed by atoms with Gasteiger partial charge in [-0.1, -0.05) is 23.7 Å². The first-order valence-electron chi connectivity index (χ1n) is 7.91. The van der Waals surface area contributed by atoms with Crippen molar-refractivity contribution in [2.24, 2.45) is 0 Å². The van der Waals surface area contributed by atoms with E-state index in [0.717, 1.165) is 18.5 Å². The molecule has 1 unspecified atom stereocenters. The van der Waals surface area contributed by atoms with Crippen LogP contribution in [0.2, 0.25) is 0 Å². The number of rotatable bonds is 3. The highest BCUT2D eigenvalue weighted by molar-refractivity contribution is 6.19. The van der Waals surface area contributed by atoms with E-state index in [2.05, 4.69) is 5.32 Å². The van der Waals surface area contributed by atoms with Crippen LogP contribution in [0.25, 0.3) is 0 Å². The van der Waals surface area contributed by atoms with Crippen molar-refractivity contribution in [3.05, 3.63) is 29.8 Å². The van der Waals surface area contributed by atoms with Gasteiger partial charge in [0.25, 0.3) is 0 Å². The van der Waals surface area contributed by atoms with Crippen LogP contribution in [-0.4, -0.2) is 40.8 Å². The molecule has 0 radical (unpaired) electrons. The van der Waals surface area contributed by atoms with Gasteiger partial charge in [-0.25, -0.2) is 4.79 Å². The van der Waals surface area contributed by atoms with Gasteiger partial charge >= 0.3 is 6.09 Å². The molecule has 5 nitrogen and oxygen atoms in total. The summed E-state index contributed by atoms with van der Waals surface area (Å²) >= 11 is 5.62. The van der Waals surface area contributed by atoms with Crippen molar-refractivity contribution in [3.63, 3.8) is 0 Å². The molecular formula is C17H25ClN2O3. The molecule has 0 bridgehead atoms. The molecule has 23 heavy (non-hydrogen) atoms.